The zero-order valence-corrected chi connectivity index (χ0v) is 30.2. The lowest BCUT2D eigenvalue weighted by atomic mass is 10.1. The number of rotatable bonds is 22. The molecule has 0 spiro atoms. The van der Waals surface area contributed by atoms with Crippen LogP contribution in [0.25, 0.3) is 22.3 Å². The molecule has 1 aliphatic rings. The fraction of sp³-hybridized carbons (Fsp3) is 0.405. The first-order valence-corrected chi connectivity index (χ1v) is 18.2. The van der Waals surface area contributed by atoms with E-state index in [1.807, 2.05) is 29.6 Å². The Morgan fingerprint density at radius 2 is 1.67 bits per heavy atom. The Labute approximate surface area is 304 Å². The number of aromatic nitrogens is 4. The predicted octanol–water partition coefficient (Wildman–Crippen LogP) is 5.12. The largest absolute Gasteiger partial charge is 0.493 e. The van der Waals surface area contributed by atoms with Crippen LogP contribution in [0.5, 0.6) is 11.5 Å². The molecule has 0 bridgehead atoms. The summed E-state index contributed by atoms with van der Waals surface area (Å²) in [5, 5.41) is 15.8. The third-order valence-corrected chi connectivity index (χ3v) is 9.80. The fourth-order valence-corrected chi connectivity index (χ4v) is 7.08. The SMILES string of the molecule is COc1cc2c(cc1OC)-c1n[nH]c(Nc3cccc(C(=O)NCCOCCOCCOCCC(=O)CCCCc4scc5[nH]c(=O)[nH]c45)c3)c1C2. The Morgan fingerprint density at radius 1 is 0.904 bits per heavy atom. The van der Waals surface area contributed by atoms with Gasteiger partial charge >= 0.3 is 5.69 Å². The lowest BCUT2D eigenvalue weighted by Crippen LogP contribution is -2.27. The number of carbonyl (C=O) groups excluding carboxylic acids is 2. The minimum atomic E-state index is -0.198. The highest BCUT2D eigenvalue weighted by Crippen LogP contribution is 2.44. The molecule has 276 valence electrons. The minimum Gasteiger partial charge on any atom is -0.493 e. The van der Waals surface area contributed by atoms with E-state index in [9.17, 15) is 14.4 Å². The number of fused-ring (bicyclic) bond motifs is 4. The van der Waals surface area contributed by atoms with Crippen molar-refractivity contribution in [1.82, 2.24) is 25.5 Å². The quantitative estimate of drug-likeness (QED) is 0.0588. The molecule has 2 aromatic carbocycles. The number of amides is 1. The van der Waals surface area contributed by atoms with E-state index in [2.05, 4.69) is 30.8 Å². The second-order valence-corrected chi connectivity index (χ2v) is 13.3. The molecule has 3 aromatic heterocycles. The van der Waals surface area contributed by atoms with Crippen molar-refractivity contribution >= 4 is 45.6 Å². The van der Waals surface area contributed by atoms with Crippen molar-refractivity contribution in [1.29, 1.82) is 0 Å². The normalized spacial score (nSPS) is 11.8. The van der Waals surface area contributed by atoms with Crippen molar-refractivity contribution in [2.24, 2.45) is 0 Å². The van der Waals surface area contributed by atoms with Crippen LogP contribution in [-0.4, -0.2) is 92.3 Å². The maximum absolute atomic E-state index is 12.8. The Hall–Kier alpha value is -4.96. The van der Waals surface area contributed by atoms with Crippen molar-refractivity contribution in [2.45, 2.75) is 38.5 Å². The highest BCUT2D eigenvalue weighted by atomic mass is 32.1. The Morgan fingerprint density at radius 3 is 2.48 bits per heavy atom. The van der Waals surface area contributed by atoms with Crippen LogP contribution in [0, 0.1) is 0 Å². The van der Waals surface area contributed by atoms with E-state index in [0.29, 0.717) is 82.5 Å². The van der Waals surface area contributed by atoms with Crippen molar-refractivity contribution in [3.05, 3.63) is 73.8 Å². The average molecular weight is 733 g/mol. The van der Waals surface area contributed by atoms with Gasteiger partial charge in [-0.15, -0.1) is 11.3 Å². The lowest BCUT2D eigenvalue weighted by Gasteiger charge is -2.10. The highest BCUT2D eigenvalue weighted by molar-refractivity contribution is 7.11. The van der Waals surface area contributed by atoms with Gasteiger partial charge in [-0.05, 0) is 55.2 Å². The number of aromatic amines is 3. The zero-order valence-electron chi connectivity index (χ0n) is 29.4. The van der Waals surface area contributed by atoms with Gasteiger partial charge in [-0.3, -0.25) is 14.7 Å². The van der Waals surface area contributed by atoms with Crippen molar-refractivity contribution in [3.63, 3.8) is 0 Å². The fourth-order valence-electron chi connectivity index (χ4n) is 6.10. The van der Waals surface area contributed by atoms with Gasteiger partial charge < -0.3 is 44.3 Å². The summed E-state index contributed by atoms with van der Waals surface area (Å²) in [5.74, 6) is 2.09. The zero-order chi connectivity index (χ0) is 36.3. The molecule has 0 radical (unpaired) electrons. The number of unbranched alkanes of at least 4 members (excludes halogenated alkanes) is 1. The first-order chi connectivity index (χ1) is 25.4. The van der Waals surface area contributed by atoms with Gasteiger partial charge in [0, 0.05) is 58.4 Å². The molecule has 0 saturated carbocycles. The van der Waals surface area contributed by atoms with Crippen LogP contribution in [0.3, 0.4) is 0 Å². The molecule has 5 aromatic rings. The van der Waals surface area contributed by atoms with Crippen molar-refractivity contribution in [2.75, 3.05) is 65.7 Å². The summed E-state index contributed by atoms with van der Waals surface area (Å²) < 4.78 is 27.6. The van der Waals surface area contributed by atoms with E-state index in [1.165, 1.54) is 0 Å². The maximum atomic E-state index is 12.8. The molecular formula is C37H44N6O8S. The minimum absolute atomic E-state index is 0.185. The first-order valence-electron chi connectivity index (χ1n) is 17.3. The van der Waals surface area contributed by atoms with Crippen LogP contribution in [0.4, 0.5) is 11.5 Å². The number of imidazole rings is 1. The third-order valence-electron chi connectivity index (χ3n) is 8.76. The van der Waals surface area contributed by atoms with Gasteiger partial charge in [0.25, 0.3) is 5.91 Å². The summed E-state index contributed by atoms with van der Waals surface area (Å²) in [6.45, 7) is 2.70. The van der Waals surface area contributed by atoms with E-state index in [0.717, 1.165) is 69.1 Å². The molecule has 1 aliphatic carbocycles. The summed E-state index contributed by atoms with van der Waals surface area (Å²) in [4.78, 5) is 43.1. The summed E-state index contributed by atoms with van der Waals surface area (Å²) in [6.07, 6.45) is 4.14. The van der Waals surface area contributed by atoms with Gasteiger partial charge in [0.2, 0.25) is 0 Å². The molecule has 3 heterocycles. The smallest absolute Gasteiger partial charge is 0.323 e. The number of Topliss-reactive ketones (excluding diaryl/α,β-unsaturated/α-hetero) is 1. The van der Waals surface area contributed by atoms with Crippen molar-refractivity contribution in [3.8, 4) is 22.8 Å². The van der Waals surface area contributed by atoms with E-state index in [-0.39, 0.29) is 17.4 Å². The molecule has 1 amide bonds. The van der Waals surface area contributed by atoms with Gasteiger partial charge in [-0.2, -0.15) is 5.10 Å². The van der Waals surface area contributed by atoms with E-state index in [4.69, 9.17) is 23.7 Å². The summed E-state index contributed by atoms with van der Waals surface area (Å²) >= 11 is 1.62. The molecule has 6 rings (SSSR count). The number of benzene rings is 2. The maximum Gasteiger partial charge on any atom is 0.323 e. The Bertz CT molecular complexity index is 2030. The van der Waals surface area contributed by atoms with Crippen LogP contribution in [0.15, 0.2) is 46.6 Å². The van der Waals surface area contributed by atoms with Gasteiger partial charge in [-0.25, -0.2) is 4.79 Å². The number of anilines is 2. The van der Waals surface area contributed by atoms with Crippen LogP contribution in [0.2, 0.25) is 0 Å². The molecule has 5 N–H and O–H groups in total. The Kier molecular flexibility index (Phi) is 12.7. The van der Waals surface area contributed by atoms with Crippen LogP contribution in [-0.2, 0) is 31.8 Å². The molecule has 14 nitrogen and oxygen atoms in total. The van der Waals surface area contributed by atoms with Gasteiger partial charge in [0.05, 0.1) is 70.6 Å². The number of hydrogen-bond acceptors (Lipinski definition) is 11. The number of ketones is 1. The van der Waals surface area contributed by atoms with E-state index < -0.39 is 0 Å². The highest BCUT2D eigenvalue weighted by Gasteiger charge is 2.27. The second-order valence-electron chi connectivity index (χ2n) is 12.3. The second kappa shape index (κ2) is 18.0. The molecule has 15 heteroatoms. The van der Waals surface area contributed by atoms with Gasteiger partial charge in [0.15, 0.2) is 11.5 Å². The summed E-state index contributed by atoms with van der Waals surface area (Å²) in [5.41, 5.74) is 6.83. The number of hydrogen-bond donors (Lipinski definition) is 5. The standard InChI is InChI=1S/C37H44N6O8S/c1-47-30-20-24-19-28-33(27(24)21-31(30)48-2)42-43-35(28)39-25-7-5-6-23(18-25)36(45)38-11-13-50-15-17-51-16-14-49-12-10-26(44)8-3-4-9-32-34-29(22-52-32)40-37(46)41-34/h5-7,18,20-22H,3-4,8-17,19H2,1-2H3,(H,38,45)(H2,39,42,43)(H2,40,41,46). The van der Waals surface area contributed by atoms with E-state index in [1.54, 1.807) is 37.7 Å². The Balaban J connectivity index is 0.787. The summed E-state index contributed by atoms with van der Waals surface area (Å²) in [6, 6.07) is 11.2. The van der Waals surface area contributed by atoms with Gasteiger partial charge in [-0.1, -0.05) is 6.07 Å². The summed E-state index contributed by atoms with van der Waals surface area (Å²) in [7, 11) is 3.24. The number of ether oxygens (including phenoxy) is 5. The molecule has 0 saturated heterocycles. The van der Waals surface area contributed by atoms with Crippen LogP contribution < -0.4 is 25.8 Å². The molecule has 0 atom stereocenters. The lowest BCUT2D eigenvalue weighted by molar-refractivity contribution is -0.120. The molecule has 0 unspecified atom stereocenters. The number of thiophene rings is 1. The molecular weight excluding hydrogens is 689 g/mol. The number of H-pyrrole nitrogens is 3. The average Bonchev–Trinajstić information content (AvgIpc) is 3.91. The van der Waals surface area contributed by atoms with E-state index >= 15 is 0 Å². The predicted molar refractivity (Wildman–Crippen MR) is 198 cm³/mol. The number of carbonyl (C=O) groups is 2. The van der Waals surface area contributed by atoms with Crippen molar-refractivity contribution < 1.29 is 33.3 Å². The van der Waals surface area contributed by atoms with Crippen LogP contribution >= 0.6 is 11.3 Å². The first kappa shape index (κ1) is 36.8. The van der Waals surface area contributed by atoms with Gasteiger partial charge in [0.1, 0.15) is 11.6 Å². The number of methoxy groups -OCH3 is 2. The molecule has 0 aliphatic heterocycles. The molecule has 52 heavy (non-hydrogen) atoms. The number of nitrogens with one attached hydrogen (secondary N) is 5. The van der Waals surface area contributed by atoms with Crippen LogP contribution in [0.1, 0.15) is 52.0 Å². The topological polar surface area (TPSA) is 182 Å². The third kappa shape index (κ3) is 9.28. The monoisotopic (exact) mass is 732 g/mol. The number of nitrogens with zero attached hydrogens (tertiary/aromatic N) is 1. The number of aryl methyl sites for hydroxylation is 1. The molecule has 0 fully saturated rings.